The molecule has 132 valence electrons. The normalized spacial score (nSPS) is 19.7. The SMILES string of the molecule is C[C@@H](NC(=O)C1COCCN1C(=O)O)c1ccc(C(F)(F)F)cc1. The molecule has 0 aliphatic carbocycles. The van der Waals surface area contributed by atoms with Gasteiger partial charge in [-0.2, -0.15) is 13.2 Å². The number of amides is 2. The molecule has 1 aromatic rings. The molecule has 1 fully saturated rings. The van der Waals surface area contributed by atoms with Crippen LogP contribution in [0.15, 0.2) is 24.3 Å². The second-order valence-electron chi connectivity index (χ2n) is 5.42. The highest BCUT2D eigenvalue weighted by Crippen LogP contribution is 2.29. The molecule has 1 aliphatic rings. The second kappa shape index (κ2) is 7.08. The van der Waals surface area contributed by atoms with Gasteiger partial charge in [-0.25, -0.2) is 4.79 Å². The van der Waals surface area contributed by atoms with Gasteiger partial charge in [0.15, 0.2) is 0 Å². The fourth-order valence-corrected chi connectivity index (χ4v) is 2.40. The highest BCUT2D eigenvalue weighted by Gasteiger charge is 2.34. The van der Waals surface area contributed by atoms with Crippen molar-refractivity contribution in [3.8, 4) is 0 Å². The van der Waals surface area contributed by atoms with Crippen molar-refractivity contribution in [2.45, 2.75) is 25.2 Å². The third-order valence-electron chi connectivity index (χ3n) is 3.77. The van der Waals surface area contributed by atoms with E-state index in [1.165, 1.54) is 12.1 Å². The maximum atomic E-state index is 12.5. The van der Waals surface area contributed by atoms with Crippen LogP contribution in [0.1, 0.15) is 24.1 Å². The van der Waals surface area contributed by atoms with Crippen LogP contribution in [0, 0.1) is 0 Å². The maximum Gasteiger partial charge on any atom is 0.416 e. The molecule has 24 heavy (non-hydrogen) atoms. The van der Waals surface area contributed by atoms with E-state index in [0.29, 0.717) is 5.56 Å². The van der Waals surface area contributed by atoms with Crippen molar-refractivity contribution in [1.82, 2.24) is 10.2 Å². The van der Waals surface area contributed by atoms with Crippen LogP contribution in [0.5, 0.6) is 0 Å². The summed E-state index contributed by atoms with van der Waals surface area (Å²) in [5, 5.41) is 11.7. The summed E-state index contributed by atoms with van der Waals surface area (Å²) in [5.41, 5.74) is -0.294. The van der Waals surface area contributed by atoms with E-state index < -0.39 is 35.8 Å². The van der Waals surface area contributed by atoms with Crippen LogP contribution in [0.4, 0.5) is 18.0 Å². The minimum atomic E-state index is -4.42. The lowest BCUT2D eigenvalue weighted by molar-refractivity contribution is -0.137. The number of hydrogen-bond acceptors (Lipinski definition) is 3. The van der Waals surface area contributed by atoms with Gasteiger partial charge in [-0.15, -0.1) is 0 Å². The Morgan fingerprint density at radius 2 is 1.96 bits per heavy atom. The molecule has 1 saturated heterocycles. The van der Waals surface area contributed by atoms with E-state index in [1.54, 1.807) is 6.92 Å². The zero-order valence-electron chi connectivity index (χ0n) is 12.8. The second-order valence-corrected chi connectivity index (χ2v) is 5.42. The van der Waals surface area contributed by atoms with Gasteiger partial charge in [0.05, 0.1) is 24.8 Å². The summed E-state index contributed by atoms with van der Waals surface area (Å²) < 4.78 is 42.8. The van der Waals surface area contributed by atoms with Gasteiger partial charge in [0.1, 0.15) is 6.04 Å². The topological polar surface area (TPSA) is 78.9 Å². The molecule has 0 bridgehead atoms. The first-order chi connectivity index (χ1) is 11.2. The van der Waals surface area contributed by atoms with Crippen molar-refractivity contribution in [3.63, 3.8) is 0 Å². The van der Waals surface area contributed by atoms with Gasteiger partial charge in [0.2, 0.25) is 5.91 Å². The van der Waals surface area contributed by atoms with Gasteiger partial charge >= 0.3 is 12.3 Å². The van der Waals surface area contributed by atoms with E-state index in [9.17, 15) is 22.8 Å². The van der Waals surface area contributed by atoms with Crippen LogP contribution >= 0.6 is 0 Å². The molecule has 0 spiro atoms. The van der Waals surface area contributed by atoms with E-state index in [-0.39, 0.29) is 19.8 Å². The monoisotopic (exact) mass is 346 g/mol. The van der Waals surface area contributed by atoms with E-state index >= 15 is 0 Å². The standard InChI is InChI=1S/C15H17F3N2O4/c1-9(10-2-4-11(5-3-10)15(16,17)18)19-13(21)12-8-24-7-6-20(12)14(22)23/h2-5,9,12H,6-8H2,1H3,(H,19,21)(H,22,23)/t9-,12?/m1/s1. The Bertz CT molecular complexity index is 604. The number of ether oxygens (including phenoxy) is 1. The molecule has 1 aliphatic heterocycles. The Kier molecular flexibility index (Phi) is 5.33. The van der Waals surface area contributed by atoms with E-state index in [2.05, 4.69) is 5.32 Å². The number of hydrogen-bond donors (Lipinski definition) is 2. The summed E-state index contributed by atoms with van der Waals surface area (Å²) in [6, 6.07) is 2.88. The smallest absolute Gasteiger partial charge is 0.416 e. The first kappa shape index (κ1) is 18.1. The molecule has 6 nitrogen and oxygen atoms in total. The minimum Gasteiger partial charge on any atom is -0.465 e. The number of nitrogens with zero attached hydrogens (tertiary/aromatic N) is 1. The van der Waals surface area contributed by atoms with Crippen molar-refractivity contribution < 1.29 is 32.6 Å². The zero-order valence-corrected chi connectivity index (χ0v) is 12.8. The Morgan fingerprint density at radius 3 is 2.50 bits per heavy atom. The van der Waals surface area contributed by atoms with Crippen LogP contribution in [0.25, 0.3) is 0 Å². The van der Waals surface area contributed by atoms with Crippen LogP contribution in [0.3, 0.4) is 0 Å². The molecular formula is C15H17F3N2O4. The summed E-state index contributed by atoms with van der Waals surface area (Å²) in [4.78, 5) is 24.4. The van der Waals surface area contributed by atoms with Gasteiger partial charge in [0, 0.05) is 6.54 Å². The summed E-state index contributed by atoms with van der Waals surface area (Å²) in [6.07, 6.45) is -5.65. The molecule has 2 rings (SSSR count). The van der Waals surface area contributed by atoms with Crippen molar-refractivity contribution in [1.29, 1.82) is 0 Å². The Morgan fingerprint density at radius 1 is 1.33 bits per heavy atom. The third-order valence-corrected chi connectivity index (χ3v) is 3.77. The Balaban J connectivity index is 2.04. The Hall–Kier alpha value is -2.29. The van der Waals surface area contributed by atoms with E-state index in [4.69, 9.17) is 9.84 Å². The molecule has 2 atom stereocenters. The molecule has 0 saturated carbocycles. The number of nitrogens with one attached hydrogen (secondary N) is 1. The lowest BCUT2D eigenvalue weighted by atomic mass is 10.1. The van der Waals surface area contributed by atoms with Gasteiger partial charge < -0.3 is 15.2 Å². The molecule has 1 aromatic carbocycles. The van der Waals surface area contributed by atoms with Crippen molar-refractivity contribution >= 4 is 12.0 Å². The Labute approximate surface area is 136 Å². The number of carbonyl (C=O) groups excluding carboxylic acids is 1. The summed E-state index contributed by atoms with van der Waals surface area (Å²) in [6.45, 7) is 1.85. The first-order valence-corrected chi connectivity index (χ1v) is 7.25. The number of morpholine rings is 1. The number of carboxylic acid groups (broad SMARTS) is 1. The summed E-state index contributed by atoms with van der Waals surface area (Å²) in [5.74, 6) is -0.551. The van der Waals surface area contributed by atoms with Crippen LogP contribution < -0.4 is 5.32 Å². The molecule has 2 N–H and O–H groups in total. The number of alkyl halides is 3. The van der Waals surface area contributed by atoms with Gasteiger partial charge in [0.25, 0.3) is 0 Å². The average Bonchev–Trinajstić information content (AvgIpc) is 2.54. The lowest BCUT2D eigenvalue weighted by Crippen LogP contribution is -2.55. The number of halogens is 3. The van der Waals surface area contributed by atoms with Gasteiger partial charge in [-0.3, -0.25) is 9.69 Å². The van der Waals surface area contributed by atoms with E-state index in [0.717, 1.165) is 17.0 Å². The molecule has 1 heterocycles. The minimum absolute atomic E-state index is 0.0577. The van der Waals surface area contributed by atoms with Crippen LogP contribution in [-0.4, -0.2) is 47.8 Å². The quantitative estimate of drug-likeness (QED) is 0.880. The van der Waals surface area contributed by atoms with E-state index in [1.807, 2.05) is 0 Å². The van der Waals surface area contributed by atoms with Crippen LogP contribution in [-0.2, 0) is 15.7 Å². The number of rotatable bonds is 3. The third kappa shape index (κ3) is 4.16. The molecular weight excluding hydrogens is 329 g/mol. The summed E-state index contributed by atoms with van der Waals surface area (Å²) in [7, 11) is 0. The largest absolute Gasteiger partial charge is 0.465 e. The zero-order chi connectivity index (χ0) is 17.9. The lowest BCUT2D eigenvalue weighted by Gasteiger charge is -2.33. The molecule has 0 aromatic heterocycles. The van der Waals surface area contributed by atoms with Crippen molar-refractivity contribution in [2.24, 2.45) is 0 Å². The van der Waals surface area contributed by atoms with Gasteiger partial charge in [-0.1, -0.05) is 12.1 Å². The molecule has 9 heteroatoms. The fraction of sp³-hybridized carbons (Fsp3) is 0.467. The first-order valence-electron chi connectivity index (χ1n) is 7.25. The van der Waals surface area contributed by atoms with Gasteiger partial charge in [-0.05, 0) is 24.6 Å². The number of carbonyl (C=O) groups is 2. The predicted molar refractivity (Wildman–Crippen MR) is 77.3 cm³/mol. The maximum absolute atomic E-state index is 12.5. The molecule has 0 radical (unpaired) electrons. The van der Waals surface area contributed by atoms with Crippen molar-refractivity contribution in [2.75, 3.05) is 19.8 Å². The summed E-state index contributed by atoms with van der Waals surface area (Å²) >= 11 is 0. The fourth-order valence-electron chi connectivity index (χ4n) is 2.40. The predicted octanol–water partition coefficient (Wildman–Crippen LogP) is 2.26. The molecule has 1 unspecified atom stereocenters. The highest BCUT2D eigenvalue weighted by molar-refractivity contribution is 5.85. The highest BCUT2D eigenvalue weighted by atomic mass is 19.4. The van der Waals surface area contributed by atoms with Crippen molar-refractivity contribution in [3.05, 3.63) is 35.4 Å². The number of benzene rings is 1. The average molecular weight is 346 g/mol. The van der Waals surface area contributed by atoms with Crippen LogP contribution in [0.2, 0.25) is 0 Å². The molecule has 2 amide bonds.